The first-order valence-electron chi connectivity index (χ1n) is 11.1. The number of rotatable bonds is 5. The van der Waals surface area contributed by atoms with Gasteiger partial charge in [0, 0.05) is 55.2 Å². The molecule has 0 saturated carbocycles. The number of aryl methyl sites for hydroxylation is 2. The molecule has 0 aromatic carbocycles. The SMILES string of the molecule is O=c1cc(CN2CCN(Cc3nnc(-c4cc5c(s4)CCCC5)o3)CC2)nc2sccn12. The van der Waals surface area contributed by atoms with Crippen molar-refractivity contribution in [2.75, 3.05) is 26.2 Å². The topological polar surface area (TPSA) is 79.8 Å². The number of nitrogens with zero attached hydrogens (tertiary/aromatic N) is 6. The summed E-state index contributed by atoms with van der Waals surface area (Å²) in [7, 11) is 0. The van der Waals surface area contributed by atoms with Gasteiger partial charge >= 0.3 is 0 Å². The molecule has 0 spiro atoms. The van der Waals surface area contributed by atoms with Gasteiger partial charge in [0.2, 0.25) is 5.89 Å². The maximum absolute atomic E-state index is 12.2. The van der Waals surface area contributed by atoms with Crippen molar-refractivity contribution in [1.82, 2.24) is 29.4 Å². The number of thiophene rings is 1. The van der Waals surface area contributed by atoms with E-state index in [4.69, 9.17) is 4.42 Å². The highest BCUT2D eigenvalue weighted by Crippen LogP contribution is 2.35. The van der Waals surface area contributed by atoms with Crippen molar-refractivity contribution in [1.29, 1.82) is 0 Å². The minimum atomic E-state index is -0.0105. The molecule has 6 rings (SSSR count). The fourth-order valence-electron chi connectivity index (χ4n) is 4.51. The first-order chi connectivity index (χ1) is 15.7. The van der Waals surface area contributed by atoms with E-state index in [0.717, 1.165) is 41.7 Å². The van der Waals surface area contributed by atoms with Crippen LogP contribution in [0, 0.1) is 0 Å². The van der Waals surface area contributed by atoms with Crippen LogP contribution in [0.15, 0.2) is 32.9 Å². The number of aromatic nitrogens is 4. The standard InChI is InChI=1S/C22H24N6O2S2/c29-20-12-16(23-22-28(20)9-10-31-22)13-26-5-7-27(8-6-26)14-19-24-25-21(30-19)18-11-15-3-1-2-4-17(15)32-18/h9-12H,1-8,13-14H2. The number of hydrogen-bond acceptors (Lipinski definition) is 9. The third-order valence-corrected chi connectivity index (χ3v) is 8.22. The van der Waals surface area contributed by atoms with Crippen molar-refractivity contribution in [2.24, 2.45) is 0 Å². The minimum absolute atomic E-state index is 0.0105. The quantitative estimate of drug-likeness (QED) is 0.445. The number of thiazole rings is 1. The van der Waals surface area contributed by atoms with Crippen molar-refractivity contribution in [2.45, 2.75) is 38.8 Å². The predicted octanol–water partition coefficient (Wildman–Crippen LogP) is 3.06. The fraction of sp³-hybridized carbons (Fsp3) is 0.455. The molecule has 4 aromatic heterocycles. The smallest absolute Gasteiger partial charge is 0.258 e. The monoisotopic (exact) mass is 468 g/mol. The normalized spacial score (nSPS) is 17.8. The molecule has 1 aliphatic carbocycles. The van der Waals surface area contributed by atoms with Gasteiger partial charge < -0.3 is 4.42 Å². The largest absolute Gasteiger partial charge is 0.419 e. The van der Waals surface area contributed by atoms with Gasteiger partial charge in [-0.2, -0.15) is 0 Å². The molecule has 8 nitrogen and oxygen atoms in total. The van der Waals surface area contributed by atoms with Crippen LogP contribution in [0.4, 0.5) is 0 Å². The van der Waals surface area contributed by atoms with Gasteiger partial charge in [0.1, 0.15) is 0 Å². The summed E-state index contributed by atoms with van der Waals surface area (Å²) < 4.78 is 7.60. The highest BCUT2D eigenvalue weighted by molar-refractivity contribution is 7.15. The second-order valence-electron chi connectivity index (χ2n) is 8.46. The average molecular weight is 469 g/mol. The van der Waals surface area contributed by atoms with Crippen LogP contribution in [-0.2, 0) is 25.9 Å². The Morgan fingerprint density at radius 3 is 2.66 bits per heavy atom. The molecule has 10 heteroatoms. The molecule has 1 saturated heterocycles. The molecule has 0 N–H and O–H groups in total. The lowest BCUT2D eigenvalue weighted by Crippen LogP contribution is -2.45. The molecule has 1 aliphatic heterocycles. The maximum atomic E-state index is 12.2. The van der Waals surface area contributed by atoms with Crippen LogP contribution < -0.4 is 5.56 Å². The van der Waals surface area contributed by atoms with E-state index >= 15 is 0 Å². The summed E-state index contributed by atoms with van der Waals surface area (Å²) in [6.07, 6.45) is 6.68. The minimum Gasteiger partial charge on any atom is -0.419 e. The highest BCUT2D eigenvalue weighted by atomic mass is 32.1. The summed E-state index contributed by atoms with van der Waals surface area (Å²) >= 11 is 3.30. The molecule has 166 valence electrons. The van der Waals surface area contributed by atoms with Gasteiger partial charge in [-0.15, -0.1) is 32.9 Å². The van der Waals surface area contributed by atoms with Gasteiger partial charge in [0.25, 0.3) is 11.4 Å². The fourth-order valence-corrected chi connectivity index (χ4v) is 6.42. The summed E-state index contributed by atoms with van der Waals surface area (Å²) in [5, 5.41) is 10.5. The summed E-state index contributed by atoms with van der Waals surface area (Å²) in [6.45, 7) is 5.06. The van der Waals surface area contributed by atoms with Gasteiger partial charge in [-0.25, -0.2) is 4.98 Å². The van der Waals surface area contributed by atoms with E-state index in [0.29, 0.717) is 24.9 Å². The average Bonchev–Trinajstić information content (AvgIpc) is 3.54. The van der Waals surface area contributed by atoms with E-state index in [9.17, 15) is 4.79 Å². The zero-order valence-electron chi connectivity index (χ0n) is 17.7. The van der Waals surface area contributed by atoms with Crippen molar-refractivity contribution in [3.05, 3.63) is 56.1 Å². The maximum Gasteiger partial charge on any atom is 0.258 e. The van der Waals surface area contributed by atoms with Crippen molar-refractivity contribution >= 4 is 27.6 Å². The second kappa shape index (κ2) is 8.51. The molecular formula is C22H24N6O2S2. The van der Waals surface area contributed by atoms with Crippen LogP contribution >= 0.6 is 22.7 Å². The molecule has 0 radical (unpaired) electrons. The Bertz CT molecular complexity index is 1270. The Kier molecular flexibility index (Phi) is 5.38. The van der Waals surface area contributed by atoms with Crippen LogP contribution in [0.3, 0.4) is 0 Å². The molecule has 0 amide bonds. The number of fused-ring (bicyclic) bond motifs is 2. The zero-order chi connectivity index (χ0) is 21.5. The first kappa shape index (κ1) is 20.2. The number of piperazine rings is 1. The Morgan fingerprint density at radius 2 is 1.81 bits per heavy atom. The second-order valence-corrected chi connectivity index (χ2v) is 10.5. The Hall–Kier alpha value is -2.40. The zero-order valence-corrected chi connectivity index (χ0v) is 19.3. The summed E-state index contributed by atoms with van der Waals surface area (Å²) in [6, 6.07) is 3.89. The predicted molar refractivity (Wildman–Crippen MR) is 124 cm³/mol. The molecule has 4 aromatic rings. The van der Waals surface area contributed by atoms with Crippen LogP contribution in [-0.4, -0.2) is 55.6 Å². The van der Waals surface area contributed by atoms with Crippen LogP contribution in [0.25, 0.3) is 15.7 Å². The molecule has 5 heterocycles. The van der Waals surface area contributed by atoms with Crippen molar-refractivity contribution in [3.8, 4) is 10.8 Å². The van der Waals surface area contributed by atoms with Crippen LogP contribution in [0.2, 0.25) is 0 Å². The first-order valence-corrected chi connectivity index (χ1v) is 12.8. The summed E-state index contributed by atoms with van der Waals surface area (Å²) in [5.41, 5.74) is 2.29. The molecule has 0 atom stereocenters. The van der Waals surface area contributed by atoms with E-state index < -0.39 is 0 Å². The molecule has 0 unspecified atom stereocenters. The van der Waals surface area contributed by atoms with Gasteiger partial charge in [-0.1, -0.05) is 0 Å². The van der Waals surface area contributed by atoms with E-state index in [1.165, 1.54) is 47.5 Å². The Balaban J connectivity index is 1.05. The van der Waals surface area contributed by atoms with Crippen LogP contribution in [0.1, 0.15) is 34.9 Å². The third kappa shape index (κ3) is 4.03. The van der Waals surface area contributed by atoms with Crippen molar-refractivity contribution in [3.63, 3.8) is 0 Å². The Labute approximate surface area is 193 Å². The van der Waals surface area contributed by atoms with E-state index in [1.54, 1.807) is 28.0 Å². The summed E-state index contributed by atoms with van der Waals surface area (Å²) in [5.74, 6) is 1.33. The molecular weight excluding hydrogens is 444 g/mol. The molecule has 1 fully saturated rings. The summed E-state index contributed by atoms with van der Waals surface area (Å²) in [4.78, 5) is 24.9. The van der Waals surface area contributed by atoms with Gasteiger partial charge in [-0.05, 0) is 37.3 Å². The van der Waals surface area contributed by atoms with Gasteiger partial charge in [-0.3, -0.25) is 19.0 Å². The molecule has 2 aliphatic rings. The Morgan fingerprint density at radius 1 is 1.00 bits per heavy atom. The number of hydrogen-bond donors (Lipinski definition) is 0. The third-order valence-electron chi connectivity index (χ3n) is 6.24. The van der Waals surface area contributed by atoms with E-state index in [2.05, 4.69) is 31.0 Å². The van der Waals surface area contributed by atoms with Crippen LogP contribution in [0.5, 0.6) is 0 Å². The molecule has 32 heavy (non-hydrogen) atoms. The lowest BCUT2D eigenvalue weighted by Gasteiger charge is -2.33. The van der Waals surface area contributed by atoms with E-state index in [1.807, 2.05) is 5.38 Å². The van der Waals surface area contributed by atoms with E-state index in [-0.39, 0.29) is 5.56 Å². The van der Waals surface area contributed by atoms with Gasteiger partial charge in [0.05, 0.1) is 17.1 Å². The lowest BCUT2D eigenvalue weighted by atomic mass is 9.99. The van der Waals surface area contributed by atoms with Crippen molar-refractivity contribution < 1.29 is 4.42 Å². The van der Waals surface area contributed by atoms with Gasteiger partial charge in [0.15, 0.2) is 4.96 Å². The molecule has 0 bridgehead atoms. The highest BCUT2D eigenvalue weighted by Gasteiger charge is 2.22. The lowest BCUT2D eigenvalue weighted by molar-refractivity contribution is 0.114.